The summed E-state index contributed by atoms with van der Waals surface area (Å²) in [5, 5.41) is 10.9. The summed E-state index contributed by atoms with van der Waals surface area (Å²) in [6.45, 7) is 12.9. The average molecular weight is 436 g/mol. The number of ether oxygens (including phenoxy) is 1. The van der Waals surface area contributed by atoms with Crippen LogP contribution in [-0.4, -0.2) is 54.4 Å². The van der Waals surface area contributed by atoms with E-state index in [1.165, 1.54) is 0 Å². The van der Waals surface area contributed by atoms with E-state index in [0.717, 1.165) is 69.2 Å². The quantitative estimate of drug-likeness (QED) is 0.468. The van der Waals surface area contributed by atoms with Crippen LogP contribution in [0, 0.1) is 5.92 Å². The summed E-state index contributed by atoms with van der Waals surface area (Å²) >= 11 is 0. The molecular formula is C23H41N5O3. The first-order valence-corrected chi connectivity index (χ1v) is 11.6. The number of carbonyl (C=O) groups excluding carboxylic acids is 1. The molecule has 0 aromatic carbocycles. The molecule has 0 spiro atoms. The number of carbonyl (C=O) groups is 1. The van der Waals surface area contributed by atoms with Gasteiger partial charge in [-0.25, -0.2) is 4.79 Å². The average Bonchev–Trinajstić information content (AvgIpc) is 3.19. The van der Waals surface area contributed by atoms with Gasteiger partial charge in [0.2, 0.25) is 0 Å². The van der Waals surface area contributed by atoms with Crippen molar-refractivity contribution in [3.8, 4) is 0 Å². The lowest BCUT2D eigenvalue weighted by Crippen LogP contribution is -2.44. The monoisotopic (exact) mass is 435 g/mol. The third-order valence-corrected chi connectivity index (χ3v) is 5.65. The van der Waals surface area contributed by atoms with Gasteiger partial charge in [-0.15, -0.1) is 0 Å². The Hall–Kier alpha value is -2.25. The molecule has 2 rings (SSSR count). The number of hydrogen-bond acceptors (Lipinski definition) is 5. The molecule has 1 aliphatic heterocycles. The fourth-order valence-corrected chi connectivity index (χ4v) is 3.89. The van der Waals surface area contributed by atoms with Gasteiger partial charge in [-0.2, -0.15) is 0 Å². The molecule has 1 fully saturated rings. The van der Waals surface area contributed by atoms with Gasteiger partial charge in [0.05, 0.1) is 12.2 Å². The molecule has 1 aromatic heterocycles. The van der Waals surface area contributed by atoms with Crippen LogP contribution in [0.1, 0.15) is 84.1 Å². The Labute approximate surface area is 187 Å². The van der Waals surface area contributed by atoms with E-state index in [1.807, 2.05) is 31.7 Å². The van der Waals surface area contributed by atoms with Crippen molar-refractivity contribution in [3.05, 3.63) is 17.5 Å². The number of guanidine groups is 1. The molecule has 1 aromatic rings. The predicted molar refractivity (Wildman–Crippen MR) is 123 cm³/mol. The van der Waals surface area contributed by atoms with Gasteiger partial charge in [0.25, 0.3) is 0 Å². The Morgan fingerprint density at radius 3 is 2.74 bits per heavy atom. The lowest BCUT2D eigenvalue weighted by Gasteiger charge is -2.34. The zero-order valence-electron chi connectivity index (χ0n) is 20.2. The number of aromatic nitrogens is 1. The van der Waals surface area contributed by atoms with Crippen LogP contribution in [0.15, 0.2) is 15.6 Å². The van der Waals surface area contributed by atoms with Crippen molar-refractivity contribution >= 4 is 12.1 Å². The molecule has 176 valence electrons. The van der Waals surface area contributed by atoms with E-state index in [-0.39, 0.29) is 6.09 Å². The van der Waals surface area contributed by atoms with Crippen LogP contribution in [0.2, 0.25) is 0 Å². The minimum Gasteiger partial charge on any atom is -0.444 e. The summed E-state index contributed by atoms with van der Waals surface area (Å²) in [7, 11) is 1.76. The summed E-state index contributed by atoms with van der Waals surface area (Å²) in [4.78, 5) is 18.5. The van der Waals surface area contributed by atoms with Gasteiger partial charge in [0, 0.05) is 38.7 Å². The van der Waals surface area contributed by atoms with Crippen LogP contribution in [0.25, 0.3) is 0 Å². The van der Waals surface area contributed by atoms with E-state index < -0.39 is 5.60 Å². The first-order valence-electron chi connectivity index (χ1n) is 11.6. The Morgan fingerprint density at radius 1 is 1.35 bits per heavy atom. The van der Waals surface area contributed by atoms with Crippen molar-refractivity contribution < 1.29 is 14.1 Å². The molecule has 0 aliphatic carbocycles. The zero-order chi connectivity index (χ0) is 22.9. The summed E-state index contributed by atoms with van der Waals surface area (Å²) in [6.07, 6.45) is 5.03. The van der Waals surface area contributed by atoms with Gasteiger partial charge in [0.1, 0.15) is 5.60 Å². The molecule has 1 atom stereocenters. The number of nitrogens with one attached hydrogen (secondary N) is 2. The maximum absolute atomic E-state index is 12.3. The zero-order valence-corrected chi connectivity index (χ0v) is 20.2. The van der Waals surface area contributed by atoms with Crippen molar-refractivity contribution in [3.63, 3.8) is 0 Å². The molecule has 2 N–H and O–H groups in total. The van der Waals surface area contributed by atoms with E-state index in [4.69, 9.17) is 9.26 Å². The highest BCUT2D eigenvalue weighted by Gasteiger charge is 2.27. The Morgan fingerprint density at radius 2 is 2.10 bits per heavy atom. The number of rotatable bonds is 8. The Kier molecular flexibility index (Phi) is 9.65. The topological polar surface area (TPSA) is 92.0 Å². The predicted octanol–water partition coefficient (Wildman–Crippen LogP) is 4.28. The molecule has 8 nitrogen and oxygen atoms in total. The SMILES string of the molecule is CCC(CC)c1cc(CNC(=NC)NCCC2CCCN(C(=O)OC(C)(C)C)C2)on1. The smallest absolute Gasteiger partial charge is 0.410 e. The molecule has 0 radical (unpaired) electrons. The molecule has 31 heavy (non-hydrogen) atoms. The van der Waals surface area contributed by atoms with E-state index in [2.05, 4.69) is 34.6 Å². The van der Waals surface area contributed by atoms with Gasteiger partial charge in [-0.05, 0) is 58.8 Å². The highest BCUT2D eigenvalue weighted by Crippen LogP contribution is 2.23. The lowest BCUT2D eigenvalue weighted by molar-refractivity contribution is 0.0162. The summed E-state index contributed by atoms with van der Waals surface area (Å²) < 4.78 is 11.0. The number of amides is 1. The molecule has 0 saturated carbocycles. The summed E-state index contributed by atoms with van der Waals surface area (Å²) in [5.41, 5.74) is 0.568. The van der Waals surface area contributed by atoms with E-state index in [1.54, 1.807) is 7.05 Å². The van der Waals surface area contributed by atoms with Crippen molar-refractivity contribution in [2.45, 2.75) is 84.8 Å². The second-order valence-corrected chi connectivity index (χ2v) is 9.31. The van der Waals surface area contributed by atoms with E-state index >= 15 is 0 Å². The number of aliphatic imine (C=N–C) groups is 1. The van der Waals surface area contributed by atoms with Crippen LogP contribution in [0.5, 0.6) is 0 Å². The van der Waals surface area contributed by atoms with Gasteiger partial charge < -0.3 is 24.8 Å². The van der Waals surface area contributed by atoms with Crippen LogP contribution in [0.4, 0.5) is 4.79 Å². The van der Waals surface area contributed by atoms with Gasteiger partial charge >= 0.3 is 6.09 Å². The number of piperidine rings is 1. The fourth-order valence-electron chi connectivity index (χ4n) is 3.89. The third-order valence-electron chi connectivity index (χ3n) is 5.65. The molecule has 1 unspecified atom stereocenters. The van der Waals surface area contributed by atoms with Gasteiger partial charge in [-0.1, -0.05) is 19.0 Å². The first kappa shape index (κ1) is 25.0. The normalized spacial score (nSPS) is 17.7. The van der Waals surface area contributed by atoms with Crippen LogP contribution in [0.3, 0.4) is 0 Å². The minimum absolute atomic E-state index is 0.206. The number of likely N-dealkylation sites (tertiary alicyclic amines) is 1. The van der Waals surface area contributed by atoms with E-state index in [9.17, 15) is 4.79 Å². The minimum atomic E-state index is -0.456. The highest BCUT2D eigenvalue weighted by molar-refractivity contribution is 5.79. The fraction of sp³-hybridized carbons (Fsp3) is 0.783. The molecule has 1 amide bonds. The second-order valence-electron chi connectivity index (χ2n) is 9.31. The lowest BCUT2D eigenvalue weighted by atomic mass is 9.95. The number of nitrogens with zero attached hydrogens (tertiary/aromatic N) is 3. The first-order chi connectivity index (χ1) is 14.8. The van der Waals surface area contributed by atoms with Crippen LogP contribution < -0.4 is 10.6 Å². The highest BCUT2D eigenvalue weighted by atomic mass is 16.6. The second kappa shape index (κ2) is 12.0. The molecule has 0 bridgehead atoms. The number of hydrogen-bond donors (Lipinski definition) is 2. The summed E-state index contributed by atoms with van der Waals surface area (Å²) in [5.74, 6) is 2.46. The third kappa shape index (κ3) is 8.42. The van der Waals surface area contributed by atoms with Crippen molar-refractivity contribution in [2.75, 3.05) is 26.7 Å². The van der Waals surface area contributed by atoms with E-state index in [0.29, 0.717) is 18.4 Å². The maximum atomic E-state index is 12.3. The summed E-state index contributed by atoms with van der Waals surface area (Å²) in [6, 6.07) is 2.03. The van der Waals surface area contributed by atoms with Crippen molar-refractivity contribution in [1.29, 1.82) is 0 Å². The molecule has 2 heterocycles. The largest absolute Gasteiger partial charge is 0.444 e. The van der Waals surface area contributed by atoms with Crippen LogP contribution in [-0.2, 0) is 11.3 Å². The molecular weight excluding hydrogens is 394 g/mol. The molecule has 8 heteroatoms. The standard InChI is InChI=1S/C23H41N5O3/c1-7-18(8-2)20-14-19(31-27-20)15-26-21(24-6)25-12-11-17-10-9-13-28(16-17)22(29)30-23(3,4)5/h14,17-18H,7-13,15-16H2,1-6H3,(H2,24,25,26). The molecule has 1 aliphatic rings. The van der Waals surface area contributed by atoms with Gasteiger partial charge in [0.15, 0.2) is 11.7 Å². The maximum Gasteiger partial charge on any atom is 0.410 e. The van der Waals surface area contributed by atoms with Gasteiger partial charge in [-0.3, -0.25) is 4.99 Å². The van der Waals surface area contributed by atoms with Crippen LogP contribution >= 0.6 is 0 Å². The van der Waals surface area contributed by atoms with Crippen molar-refractivity contribution in [1.82, 2.24) is 20.7 Å². The Balaban J connectivity index is 1.73. The Bertz CT molecular complexity index is 706. The van der Waals surface area contributed by atoms with Crippen molar-refractivity contribution in [2.24, 2.45) is 10.9 Å². The molecule has 1 saturated heterocycles.